The number of ketones is 1. The van der Waals surface area contributed by atoms with Crippen LogP contribution in [0, 0.1) is 13.8 Å². The van der Waals surface area contributed by atoms with Gasteiger partial charge < -0.3 is 4.90 Å². The first-order valence-corrected chi connectivity index (χ1v) is 5.87. The molecule has 0 radical (unpaired) electrons. The van der Waals surface area contributed by atoms with Gasteiger partial charge in [-0.05, 0) is 19.9 Å². The van der Waals surface area contributed by atoms with E-state index in [4.69, 9.17) is 0 Å². The maximum atomic E-state index is 12.0. The first kappa shape index (κ1) is 11.8. The summed E-state index contributed by atoms with van der Waals surface area (Å²) in [5, 5.41) is 4.26. The molecule has 17 heavy (non-hydrogen) atoms. The van der Waals surface area contributed by atoms with Crippen LogP contribution in [-0.4, -0.2) is 39.5 Å². The molecule has 0 spiro atoms. The monoisotopic (exact) mass is 235 g/mol. The molecule has 0 aromatic carbocycles. The van der Waals surface area contributed by atoms with Crippen molar-refractivity contribution < 1.29 is 9.59 Å². The lowest BCUT2D eigenvalue weighted by Gasteiger charge is -2.26. The van der Waals surface area contributed by atoms with Crippen LogP contribution in [0.15, 0.2) is 6.07 Å². The Hall–Kier alpha value is -1.65. The third-order valence-corrected chi connectivity index (χ3v) is 3.06. The Bertz CT molecular complexity index is 441. The van der Waals surface area contributed by atoms with Gasteiger partial charge in [0.15, 0.2) is 0 Å². The van der Waals surface area contributed by atoms with Gasteiger partial charge in [-0.15, -0.1) is 0 Å². The van der Waals surface area contributed by atoms with E-state index < -0.39 is 0 Å². The highest BCUT2D eigenvalue weighted by Crippen LogP contribution is 2.08. The molecule has 0 aliphatic carbocycles. The van der Waals surface area contributed by atoms with E-state index in [0.29, 0.717) is 25.9 Å². The van der Waals surface area contributed by atoms with Gasteiger partial charge in [-0.25, -0.2) is 0 Å². The predicted molar refractivity (Wildman–Crippen MR) is 62.5 cm³/mol. The van der Waals surface area contributed by atoms with Crippen LogP contribution in [0.25, 0.3) is 0 Å². The van der Waals surface area contributed by atoms with Gasteiger partial charge in [0.1, 0.15) is 12.3 Å². The maximum absolute atomic E-state index is 12.0. The minimum absolute atomic E-state index is 0.0451. The second-order valence-corrected chi connectivity index (χ2v) is 4.50. The number of hydrogen-bond donors (Lipinski definition) is 0. The summed E-state index contributed by atoms with van der Waals surface area (Å²) in [6.07, 6.45) is 0.978. The Labute approximate surface area is 100 Å². The fourth-order valence-corrected chi connectivity index (χ4v) is 2.07. The number of nitrogens with zero attached hydrogens (tertiary/aromatic N) is 3. The quantitative estimate of drug-likeness (QED) is 0.758. The average molecular weight is 235 g/mol. The van der Waals surface area contributed by atoms with Crippen LogP contribution >= 0.6 is 0 Å². The minimum Gasteiger partial charge on any atom is -0.340 e. The lowest BCUT2D eigenvalue weighted by Crippen LogP contribution is -2.40. The number of amides is 1. The summed E-state index contributed by atoms with van der Waals surface area (Å²) in [6, 6.07) is 1.95. The van der Waals surface area contributed by atoms with Crippen LogP contribution in [0.2, 0.25) is 0 Å². The SMILES string of the molecule is Cc1cc(C)n(CC(=O)N2CCC(=O)CC2)n1. The number of Topliss-reactive ketones (excluding diaryl/α,β-unsaturated/α-hetero) is 1. The van der Waals surface area contributed by atoms with E-state index in [2.05, 4.69) is 5.10 Å². The third kappa shape index (κ3) is 2.72. The second kappa shape index (κ2) is 4.69. The molecule has 1 aromatic heterocycles. The van der Waals surface area contributed by atoms with E-state index in [0.717, 1.165) is 11.4 Å². The Morgan fingerprint density at radius 1 is 1.35 bits per heavy atom. The minimum atomic E-state index is 0.0451. The Balaban J connectivity index is 1.97. The number of carbonyl (C=O) groups excluding carboxylic acids is 2. The van der Waals surface area contributed by atoms with E-state index >= 15 is 0 Å². The van der Waals surface area contributed by atoms with E-state index in [9.17, 15) is 9.59 Å². The first-order chi connectivity index (χ1) is 8.06. The average Bonchev–Trinajstić information content (AvgIpc) is 2.58. The molecule has 5 heteroatoms. The van der Waals surface area contributed by atoms with Gasteiger partial charge in [-0.3, -0.25) is 14.3 Å². The molecule has 0 unspecified atom stereocenters. The Morgan fingerprint density at radius 3 is 2.53 bits per heavy atom. The first-order valence-electron chi connectivity index (χ1n) is 5.87. The van der Waals surface area contributed by atoms with Crippen molar-refractivity contribution in [3.8, 4) is 0 Å². The largest absolute Gasteiger partial charge is 0.340 e. The molecule has 1 fully saturated rings. The zero-order valence-electron chi connectivity index (χ0n) is 10.3. The molecule has 1 saturated heterocycles. The van der Waals surface area contributed by atoms with E-state index in [1.807, 2.05) is 19.9 Å². The van der Waals surface area contributed by atoms with Gasteiger partial charge in [-0.1, -0.05) is 0 Å². The molecule has 0 atom stereocenters. The molecule has 2 rings (SSSR count). The summed E-state index contributed by atoms with van der Waals surface area (Å²) in [5.41, 5.74) is 1.91. The highest BCUT2D eigenvalue weighted by molar-refractivity contribution is 5.83. The molecule has 92 valence electrons. The molecule has 5 nitrogen and oxygen atoms in total. The van der Waals surface area contributed by atoms with Crippen molar-refractivity contribution in [1.29, 1.82) is 0 Å². The van der Waals surface area contributed by atoms with Crippen molar-refractivity contribution in [3.05, 3.63) is 17.5 Å². The molecule has 0 N–H and O–H groups in total. The smallest absolute Gasteiger partial charge is 0.244 e. The summed E-state index contributed by atoms with van der Waals surface area (Å²) < 4.78 is 1.72. The molecule has 0 bridgehead atoms. The molecule has 1 aliphatic rings. The summed E-state index contributed by atoms with van der Waals surface area (Å²) in [6.45, 7) is 5.22. The topological polar surface area (TPSA) is 55.2 Å². The number of likely N-dealkylation sites (tertiary alicyclic amines) is 1. The standard InChI is InChI=1S/C12H17N3O2/c1-9-7-10(2)15(13-9)8-12(17)14-5-3-11(16)4-6-14/h7H,3-6,8H2,1-2H3. The lowest BCUT2D eigenvalue weighted by molar-refractivity contribution is -0.135. The molecule has 1 aromatic rings. The van der Waals surface area contributed by atoms with Gasteiger partial charge in [0, 0.05) is 31.6 Å². The van der Waals surface area contributed by atoms with E-state index in [1.165, 1.54) is 0 Å². The normalized spacial score (nSPS) is 16.4. The highest BCUT2D eigenvalue weighted by Gasteiger charge is 2.21. The van der Waals surface area contributed by atoms with Crippen LogP contribution in [0.4, 0.5) is 0 Å². The van der Waals surface area contributed by atoms with Gasteiger partial charge in [0.2, 0.25) is 5.91 Å². The van der Waals surface area contributed by atoms with Crippen LogP contribution in [0.5, 0.6) is 0 Å². The Kier molecular flexibility index (Phi) is 3.26. The number of piperidine rings is 1. The molecule has 1 aliphatic heterocycles. The van der Waals surface area contributed by atoms with Crippen molar-refractivity contribution in [2.24, 2.45) is 0 Å². The summed E-state index contributed by atoms with van der Waals surface area (Å²) in [5.74, 6) is 0.295. The van der Waals surface area contributed by atoms with Crippen LogP contribution in [0.1, 0.15) is 24.2 Å². The van der Waals surface area contributed by atoms with Gasteiger partial charge >= 0.3 is 0 Å². The summed E-state index contributed by atoms with van der Waals surface area (Å²) in [7, 11) is 0. The van der Waals surface area contributed by atoms with E-state index in [-0.39, 0.29) is 18.2 Å². The van der Waals surface area contributed by atoms with Crippen molar-refractivity contribution in [2.45, 2.75) is 33.2 Å². The molecule has 2 heterocycles. The third-order valence-electron chi connectivity index (χ3n) is 3.06. The number of carbonyl (C=O) groups is 2. The number of rotatable bonds is 2. The van der Waals surface area contributed by atoms with Crippen molar-refractivity contribution in [2.75, 3.05) is 13.1 Å². The van der Waals surface area contributed by atoms with Crippen LogP contribution in [-0.2, 0) is 16.1 Å². The summed E-state index contributed by atoms with van der Waals surface area (Å²) in [4.78, 5) is 24.8. The fourth-order valence-electron chi connectivity index (χ4n) is 2.07. The lowest BCUT2D eigenvalue weighted by atomic mass is 10.1. The van der Waals surface area contributed by atoms with Gasteiger partial charge in [-0.2, -0.15) is 5.10 Å². The van der Waals surface area contributed by atoms with Crippen LogP contribution < -0.4 is 0 Å². The van der Waals surface area contributed by atoms with Crippen molar-refractivity contribution in [1.82, 2.24) is 14.7 Å². The molecule has 0 saturated carbocycles. The van der Waals surface area contributed by atoms with Crippen LogP contribution in [0.3, 0.4) is 0 Å². The number of hydrogen-bond acceptors (Lipinski definition) is 3. The fraction of sp³-hybridized carbons (Fsp3) is 0.583. The maximum Gasteiger partial charge on any atom is 0.244 e. The van der Waals surface area contributed by atoms with Gasteiger partial charge in [0.25, 0.3) is 0 Å². The number of aromatic nitrogens is 2. The van der Waals surface area contributed by atoms with Gasteiger partial charge in [0.05, 0.1) is 5.69 Å². The number of aryl methyl sites for hydroxylation is 2. The van der Waals surface area contributed by atoms with Crippen molar-refractivity contribution >= 4 is 11.7 Å². The predicted octanol–water partition coefficient (Wildman–Crippen LogP) is 0.691. The zero-order chi connectivity index (χ0) is 12.4. The Morgan fingerprint density at radius 2 is 2.00 bits per heavy atom. The molecule has 1 amide bonds. The second-order valence-electron chi connectivity index (χ2n) is 4.50. The molecular formula is C12H17N3O2. The van der Waals surface area contributed by atoms with Crippen molar-refractivity contribution in [3.63, 3.8) is 0 Å². The highest BCUT2D eigenvalue weighted by atomic mass is 16.2. The molecular weight excluding hydrogens is 218 g/mol. The zero-order valence-corrected chi connectivity index (χ0v) is 10.3. The summed E-state index contributed by atoms with van der Waals surface area (Å²) >= 11 is 0. The van der Waals surface area contributed by atoms with E-state index in [1.54, 1.807) is 9.58 Å².